The average molecular weight is 340 g/mol. The van der Waals surface area contributed by atoms with E-state index in [0.29, 0.717) is 21.9 Å². The number of methoxy groups -OCH3 is 1. The summed E-state index contributed by atoms with van der Waals surface area (Å²) in [4.78, 5) is 15.0. The summed E-state index contributed by atoms with van der Waals surface area (Å²) in [5.74, 6) is 0.870. The van der Waals surface area contributed by atoms with Gasteiger partial charge in [0.1, 0.15) is 5.75 Å². The molecule has 0 unspecified atom stereocenters. The lowest BCUT2D eigenvalue weighted by Gasteiger charge is -2.12. The predicted octanol–water partition coefficient (Wildman–Crippen LogP) is 3.56. The van der Waals surface area contributed by atoms with Crippen LogP contribution in [0.25, 0.3) is 16.7 Å². The fourth-order valence-corrected chi connectivity index (χ4v) is 3.08. The summed E-state index contributed by atoms with van der Waals surface area (Å²) in [5.41, 5.74) is 1.95. The van der Waals surface area contributed by atoms with Gasteiger partial charge in [0.05, 0.1) is 40.6 Å². The number of fused-ring (bicyclic) bond motifs is 1. The van der Waals surface area contributed by atoms with Crippen LogP contribution in [0.5, 0.6) is 5.75 Å². The molecule has 0 aliphatic rings. The number of aromatic nitrogens is 2. The Hall–Kier alpha value is -3.05. The monoisotopic (exact) mass is 340 g/mol. The number of nitrogens with zero attached hydrogens (tertiary/aromatic N) is 4. The van der Waals surface area contributed by atoms with Gasteiger partial charge in [-0.15, -0.1) is 0 Å². The zero-order valence-electron chi connectivity index (χ0n) is 12.7. The first-order valence-electron chi connectivity index (χ1n) is 6.95. The molecule has 24 heavy (non-hydrogen) atoms. The Morgan fingerprint density at radius 2 is 2.17 bits per heavy atom. The van der Waals surface area contributed by atoms with Gasteiger partial charge >= 0.3 is 0 Å². The second-order valence-corrected chi connectivity index (χ2v) is 5.72. The van der Waals surface area contributed by atoms with Gasteiger partial charge in [0.25, 0.3) is 5.69 Å². The van der Waals surface area contributed by atoms with Gasteiger partial charge in [-0.1, -0.05) is 23.9 Å². The van der Waals surface area contributed by atoms with Crippen LogP contribution in [0.3, 0.4) is 0 Å². The van der Waals surface area contributed by atoms with E-state index in [2.05, 4.69) is 11.1 Å². The number of benzene rings is 2. The SMILES string of the molecule is COc1ccccc1-n1c(SCC#N)nc2cc([N+](=O)[O-])ccc21. The van der Waals surface area contributed by atoms with Crippen molar-refractivity contribution in [3.63, 3.8) is 0 Å². The topological polar surface area (TPSA) is 94.0 Å². The highest BCUT2D eigenvalue weighted by atomic mass is 32.2. The van der Waals surface area contributed by atoms with Gasteiger partial charge in [-0.25, -0.2) is 4.98 Å². The van der Waals surface area contributed by atoms with E-state index in [-0.39, 0.29) is 11.4 Å². The fraction of sp³-hybridized carbons (Fsp3) is 0.125. The molecular formula is C16H12N4O3S. The Morgan fingerprint density at radius 3 is 2.88 bits per heavy atom. The minimum atomic E-state index is -0.455. The molecule has 7 nitrogen and oxygen atoms in total. The highest BCUT2D eigenvalue weighted by Gasteiger charge is 2.18. The number of rotatable bonds is 5. The van der Waals surface area contributed by atoms with Gasteiger partial charge in [0.15, 0.2) is 5.16 Å². The van der Waals surface area contributed by atoms with Gasteiger partial charge in [0, 0.05) is 12.1 Å². The smallest absolute Gasteiger partial charge is 0.271 e. The number of thioether (sulfide) groups is 1. The maximum Gasteiger partial charge on any atom is 0.271 e. The molecule has 0 N–H and O–H groups in total. The lowest BCUT2D eigenvalue weighted by atomic mass is 10.2. The van der Waals surface area contributed by atoms with Gasteiger partial charge in [-0.3, -0.25) is 14.7 Å². The number of hydrogen-bond donors (Lipinski definition) is 0. The summed E-state index contributed by atoms with van der Waals surface area (Å²) in [6.45, 7) is 0. The summed E-state index contributed by atoms with van der Waals surface area (Å²) < 4.78 is 7.26. The predicted molar refractivity (Wildman–Crippen MR) is 90.6 cm³/mol. The summed E-state index contributed by atoms with van der Waals surface area (Å²) in [7, 11) is 1.57. The molecule has 0 spiro atoms. The van der Waals surface area contributed by atoms with E-state index in [1.165, 1.54) is 23.9 Å². The zero-order valence-corrected chi connectivity index (χ0v) is 13.5. The van der Waals surface area contributed by atoms with Crippen molar-refractivity contribution in [3.8, 4) is 17.5 Å². The number of non-ortho nitro benzene ring substituents is 1. The van der Waals surface area contributed by atoms with Crippen LogP contribution in [-0.2, 0) is 0 Å². The number of ether oxygens (including phenoxy) is 1. The van der Waals surface area contributed by atoms with E-state index in [0.717, 1.165) is 5.69 Å². The maximum absolute atomic E-state index is 11.0. The van der Waals surface area contributed by atoms with Crippen LogP contribution < -0.4 is 4.74 Å². The molecule has 0 fully saturated rings. The minimum Gasteiger partial charge on any atom is -0.495 e. The molecule has 0 radical (unpaired) electrons. The molecule has 3 rings (SSSR count). The van der Waals surface area contributed by atoms with Crippen LogP contribution in [0, 0.1) is 21.4 Å². The molecule has 0 aliphatic heterocycles. The Labute approximate surface area is 141 Å². The van der Waals surface area contributed by atoms with E-state index in [1.807, 2.05) is 28.8 Å². The van der Waals surface area contributed by atoms with Crippen LogP contribution in [0.4, 0.5) is 5.69 Å². The molecule has 3 aromatic rings. The van der Waals surface area contributed by atoms with Crippen LogP contribution in [0.2, 0.25) is 0 Å². The van der Waals surface area contributed by atoms with Crippen molar-refractivity contribution in [2.45, 2.75) is 5.16 Å². The summed E-state index contributed by atoms with van der Waals surface area (Å²) in [6.07, 6.45) is 0. The Balaban J connectivity index is 2.27. The third-order valence-electron chi connectivity index (χ3n) is 3.41. The first-order valence-corrected chi connectivity index (χ1v) is 7.94. The molecule has 120 valence electrons. The second-order valence-electron chi connectivity index (χ2n) is 4.78. The molecule has 1 heterocycles. The van der Waals surface area contributed by atoms with Crippen molar-refractivity contribution in [2.24, 2.45) is 0 Å². The van der Waals surface area contributed by atoms with Crippen molar-refractivity contribution in [1.82, 2.24) is 9.55 Å². The summed E-state index contributed by atoms with van der Waals surface area (Å²) in [6, 6.07) is 14.0. The molecule has 1 aromatic heterocycles. The summed E-state index contributed by atoms with van der Waals surface area (Å²) in [5, 5.41) is 20.4. The third kappa shape index (κ3) is 2.77. The quantitative estimate of drug-likeness (QED) is 0.400. The van der Waals surface area contributed by atoms with Gasteiger partial charge in [-0.05, 0) is 18.2 Å². The number of imidazole rings is 1. The largest absolute Gasteiger partial charge is 0.495 e. The average Bonchev–Trinajstić information content (AvgIpc) is 2.96. The van der Waals surface area contributed by atoms with E-state index in [1.54, 1.807) is 13.2 Å². The van der Waals surface area contributed by atoms with Crippen LogP contribution in [0.1, 0.15) is 0 Å². The normalized spacial score (nSPS) is 10.5. The van der Waals surface area contributed by atoms with Gasteiger partial charge in [0.2, 0.25) is 0 Å². The lowest BCUT2D eigenvalue weighted by Crippen LogP contribution is -2.00. The van der Waals surface area contributed by atoms with Crippen molar-refractivity contribution in [2.75, 3.05) is 12.9 Å². The molecule has 0 aliphatic carbocycles. The second kappa shape index (κ2) is 6.60. The number of nitro benzene ring substituents is 1. The van der Waals surface area contributed by atoms with Crippen molar-refractivity contribution in [1.29, 1.82) is 5.26 Å². The van der Waals surface area contributed by atoms with Crippen molar-refractivity contribution in [3.05, 3.63) is 52.6 Å². The Morgan fingerprint density at radius 1 is 1.38 bits per heavy atom. The molecule has 0 saturated carbocycles. The molecular weight excluding hydrogens is 328 g/mol. The van der Waals surface area contributed by atoms with E-state index >= 15 is 0 Å². The molecule has 0 saturated heterocycles. The number of nitro groups is 1. The molecule has 0 bridgehead atoms. The highest BCUT2D eigenvalue weighted by molar-refractivity contribution is 7.99. The van der Waals surface area contributed by atoms with Gasteiger partial charge < -0.3 is 4.74 Å². The number of hydrogen-bond acceptors (Lipinski definition) is 6. The van der Waals surface area contributed by atoms with E-state index in [4.69, 9.17) is 10.00 Å². The number of nitriles is 1. The Bertz CT molecular complexity index is 962. The standard InChI is InChI=1S/C16H12N4O3S/c1-23-15-5-3-2-4-14(15)19-13-7-6-11(20(21)22)10-12(13)18-16(19)24-9-8-17/h2-7,10H,9H2,1H3. The van der Waals surface area contributed by atoms with E-state index in [9.17, 15) is 10.1 Å². The zero-order chi connectivity index (χ0) is 17.1. The summed E-state index contributed by atoms with van der Waals surface area (Å²) >= 11 is 1.27. The Kier molecular flexibility index (Phi) is 4.35. The van der Waals surface area contributed by atoms with Crippen LogP contribution in [0.15, 0.2) is 47.6 Å². The molecule has 8 heteroatoms. The lowest BCUT2D eigenvalue weighted by molar-refractivity contribution is -0.384. The molecule has 0 atom stereocenters. The number of para-hydroxylation sites is 2. The molecule has 2 aromatic carbocycles. The van der Waals surface area contributed by atoms with Crippen LogP contribution >= 0.6 is 11.8 Å². The van der Waals surface area contributed by atoms with E-state index < -0.39 is 4.92 Å². The maximum atomic E-state index is 11.0. The van der Waals surface area contributed by atoms with Gasteiger partial charge in [-0.2, -0.15) is 5.26 Å². The first-order chi connectivity index (χ1) is 11.7. The van der Waals surface area contributed by atoms with Crippen molar-refractivity contribution >= 4 is 28.5 Å². The third-order valence-corrected chi connectivity index (χ3v) is 4.22. The first kappa shape index (κ1) is 15.8. The van der Waals surface area contributed by atoms with Crippen molar-refractivity contribution < 1.29 is 9.66 Å². The van der Waals surface area contributed by atoms with Crippen LogP contribution in [-0.4, -0.2) is 27.3 Å². The fourth-order valence-electron chi connectivity index (χ4n) is 2.40. The minimum absolute atomic E-state index is 0.0241. The highest BCUT2D eigenvalue weighted by Crippen LogP contribution is 2.33. The molecule has 0 amide bonds.